The van der Waals surface area contributed by atoms with Gasteiger partial charge in [0.2, 0.25) is 0 Å². The zero-order chi connectivity index (χ0) is 10.6. The van der Waals surface area contributed by atoms with Crippen LogP contribution in [-0.4, -0.2) is 56.5 Å². The minimum absolute atomic E-state index is 0.278. The maximum absolute atomic E-state index is 10.0. The summed E-state index contributed by atoms with van der Waals surface area (Å²) < 4.78 is 14.9. The Morgan fingerprint density at radius 1 is 1.00 bits per heavy atom. The number of hydrogen-bond donors (Lipinski definition) is 2. The SMILES string of the molecule is O=C(O)COCCOCCOCCS. The summed E-state index contributed by atoms with van der Waals surface area (Å²) in [5, 5.41) is 8.22. The van der Waals surface area contributed by atoms with Crippen molar-refractivity contribution in [1.82, 2.24) is 0 Å². The van der Waals surface area contributed by atoms with Gasteiger partial charge in [-0.25, -0.2) is 4.79 Å². The molecule has 14 heavy (non-hydrogen) atoms. The number of carbonyl (C=O) groups is 1. The number of carboxylic acids is 1. The molecule has 0 saturated carbocycles. The molecule has 0 rings (SSSR count). The monoisotopic (exact) mass is 224 g/mol. The predicted octanol–water partition coefficient (Wildman–Crippen LogP) is 0.0506. The topological polar surface area (TPSA) is 65.0 Å². The molecule has 0 aliphatic heterocycles. The highest BCUT2D eigenvalue weighted by molar-refractivity contribution is 7.80. The Kier molecular flexibility index (Phi) is 10.5. The van der Waals surface area contributed by atoms with E-state index in [1.807, 2.05) is 0 Å². The molecule has 0 heterocycles. The number of carboxylic acid groups (broad SMARTS) is 1. The molecule has 0 aromatic heterocycles. The molecule has 0 radical (unpaired) electrons. The fourth-order valence-corrected chi connectivity index (χ4v) is 0.793. The Hall–Kier alpha value is -0.300. The van der Waals surface area contributed by atoms with Crippen LogP contribution in [0.3, 0.4) is 0 Å². The van der Waals surface area contributed by atoms with Gasteiger partial charge in [-0.05, 0) is 0 Å². The van der Waals surface area contributed by atoms with E-state index in [0.717, 1.165) is 0 Å². The molecule has 1 N–H and O–H groups in total. The molecule has 0 aromatic rings. The van der Waals surface area contributed by atoms with Crippen molar-refractivity contribution in [1.29, 1.82) is 0 Å². The Labute approximate surface area is 88.7 Å². The van der Waals surface area contributed by atoms with E-state index in [2.05, 4.69) is 12.6 Å². The molecule has 0 saturated heterocycles. The first-order valence-corrected chi connectivity index (χ1v) is 4.96. The van der Waals surface area contributed by atoms with Crippen LogP contribution in [0.1, 0.15) is 0 Å². The van der Waals surface area contributed by atoms with Crippen molar-refractivity contribution in [3.8, 4) is 0 Å². The molecule has 0 amide bonds. The molecule has 0 bridgehead atoms. The van der Waals surface area contributed by atoms with Crippen LogP contribution in [0.4, 0.5) is 0 Å². The molecular formula is C8H16O5S. The van der Waals surface area contributed by atoms with E-state index in [-0.39, 0.29) is 6.61 Å². The number of rotatable bonds is 10. The zero-order valence-electron chi connectivity index (χ0n) is 7.98. The van der Waals surface area contributed by atoms with Gasteiger partial charge in [0.25, 0.3) is 0 Å². The van der Waals surface area contributed by atoms with E-state index in [1.54, 1.807) is 0 Å². The van der Waals surface area contributed by atoms with E-state index in [1.165, 1.54) is 0 Å². The van der Waals surface area contributed by atoms with Crippen LogP contribution in [0.25, 0.3) is 0 Å². The van der Waals surface area contributed by atoms with Gasteiger partial charge in [0, 0.05) is 5.75 Å². The zero-order valence-corrected chi connectivity index (χ0v) is 8.87. The minimum Gasteiger partial charge on any atom is -0.480 e. The lowest BCUT2D eigenvalue weighted by Gasteiger charge is -2.04. The summed E-state index contributed by atoms with van der Waals surface area (Å²) in [6.07, 6.45) is 0. The number of hydrogen-bond acceptors (Lipinski definition) is 5. The van der Waals surface area contributed by atoms with Gasteiger partial charge in [-0.2, -0.15) is 12.6 Å². The van der Waals surface area contributed by atoms with Crippen LogP contribution in [0.2, 0.25) is 0 Å². The summed E-state index contributed by atoms with van der Waals surface area (Å²) in [6.45, 7) is 2.03. The Balaban J connectivity index is 2.88. The molecule has 5 nitrogen and oxygen atoms in total. The highest BCUT2D eigenvalue weighted by Crippen LogP contribution is 1.82. The smallest absolute Gasteiger partial charge is 0.329 e. The predicted molar refractivity (Wildman–Crippen MR) is 53.9 cm³/mol. The second-order valence-electron chi connectivity index (χ2n) is 2.39. The first kappa shape index (κ1) is 13.7. The molecule has 84 valence electrons. The van der Waals surface area contributed by atoms with Gasteiger partial charge in [-0.3, -0.25) is 0 Å². The number of thiol groups is 1. The van der Waals surface area contributed by atoms with Crippen molar-refractivity contribution in [3.05, 3.63) is 0 Å². The second kappa shape index (κ2) is 10.8. The number of aliphatic carboxylic acids is 1. The summed E-state index contributed by atoms with van der Waals surface area (Å²) in [6, 6.07) is 0. The van der Waals surface area contributed by atoms with Crippen LogP contribution in [0.15, 0.2) is 0 Å². The Bertz CT molecular complexity index is 142. The van der Waals surface area contributed by atoms with Gasteiger partial charge in [-0.1, -0.05) is 0 Å². The summed E-state index contributed by atoms with van der Waals surface area (Å²) in [5.74, 6) is -0.274. The van der Waals surface area contributed by atoms with Crippen molar-refractivity contribution in [2.45, 2.75) is 0 Å². The van der Waals surface area contributed by atoms with E-state index in [0.29, 0.717) is 38.8 Å². The van der Waals surface area contributed by atoms with Crippen LogP contribution < -0.4 is 0 Å². The summed E-state index contributed by atoms with van der Waals surface area (Å²) in [4.78, 5) is 10.0. The summed E-state index contributed by atoms with van der Waals surface area (Å²) in [7, 11) is 0. The third-order valence-electron chi connectivity index (χ3n) is 1.21. The lowest BCUT2D eigenvalue weighted by molar-refractivity contribution is -0.142. The Morgan fingerprint density at radius 2 is 1.50 bits per heavy atom. The number of ether oxygens (including phenoxy) is 3. The average Bonchev–Trinajstić information content (AvgIpc) is 2.15. The van der Waals surface area contributed by atoms with Gasteiger partial charge < -0.3 is 19.3 Å². The quantitative estimate of drug-likeness (QED) is 0.405. The van der Waals surface area contributed by atoms with Crippen molar-refractivity contribution in [3.63, 3.8) is 0 Å². The van der Waals surface area contributed by atoms with Gasteiger partial charge in [0.15, 0.2) is 0 Å². The van der Waals surface area contributed by atoms with E-state index >= 15 is 0 Å². The van der Waals surface area contributed by atoms with Gasteiger partial charge in [0.1, 0.15) is 6.61 Å². The second-order valence-corrected chi connectivity index (χ2v) is 2.84. The standard InChI is InChI=1S/C8H16O5S/c9-8(10)7-13-4-3-11-1-2-12-5-6-14/h14H,1-7H2,(H,9,10). The highest BCUT2D eigenvalue weighted by Gasteiger charge is 1.95. The molecule has 0 aromatic carbocycles. The van der Waals surface area contributed by atoms with Gasteiger partial charge in [0.05, 0.1) is 33.0 Å². The van der Waals surface area contributed by atoms with Crippen molar-refractivity contribution in [2.75, 3.05) is 45.4 Å². The highest BCUT2D eigenvalue weighted by atomic mass is 32.1. The largest absolute Gasteiger partial charge is 0.480 e. The van der Waals surface area contributed by atoms with Gasteiger partial charge in [-0.15, -0.1) is 0 Å². The summed E-state index contributed by atoms with van der Waals surface area (Å²) in [5.41, 5.74) is 0. The first-order valence-electron chi connectivity index (χ1n) is 4.33. The van der Waals surface area contributed by atoms with Gasteiger partial charge >= 0.3 is 5.97 Å². The van der Waals surface area contributed by atoms with Crippen LogP contribution in [-0.2, 0) is 19.0 Å². The first-order chi connectivity index (χ1) is 6.77. The molecule has 0 fully saturated rings. The van der Waals surface area contributed by atoms with Crippen molar-refractivity contribution >= 4 is 18.6 Å². The normalized spacial score (nSPS) is 10.4. The maximum atomic E-state index is 10.0. The van der Waals surface area contributed by atoms with E-state index in [4.69, 9.17) is 19.3 Å². The van der Waals surface area contributed by atoms with Crippen molar-refractivity contribution < 1.29 is 24.1 Å². The fourth-order valence-electron chi connectivity index (χ4n) is 0.664. The lowest BCUT2D eigenvalue weighted by Crippen LogP contribution is -2.13. The summed E-state index contributed by atoms with van der Waals surface area (Å²) >= 11 is 3.97. The Morgan fingerprint density at radius 3 is 2.00 bits per heavy atom. The van der Waals surface area contributed by atoms with Crippen LogP contribution in [0, 0.1) is 0 Å². The molecular weight excluding hydrogens is 208 g/mol. The molecule has 0 aliphatic rings. The van der Waals surface area contributed by atoms with E-state index in [9.17, 15) is 4.79 Å². The van der Waals surface area contributed by atoms with Crippen LogP contribution >= 0.6 is 12.6 Å². The van der Waals surface area contributed by atoms with E-state index < -0.39 is 5.97 Å². The lowest BCUT2D eigenvalue weighted by atomic mass is 10.7. The maximum Gasteiger partial charge on any atom is 0.329 e. The average molecular weight is 224 g/mol. The molecule has 0 aliphatic carbocycles. The van der Waals surface area contributed by atoms with Crippen molar-refractivity contribution in [2.24, 2.45) is 0 Å². The molecule has 0 atom stereocenters. The fraction of sp³-hybridized carbons (Fsp3) is 0.875. The molecule has 0 unspecified atom stereocenters. The molecule has 6 heteroatoms. The third-order valence-corrected chi connectivity index (χ3v) is 1.39. The minimum atomic E-state index is -0.970. The molecule has 0 spiro atoms. The van der Waals surface area contributed by atoms with Crippen LogP contribution in [0.5, 0.6) is 0 Å². The third kappa shape index (κ3) is 11.7.